The minimum absolute atomic E-state index is 0.0409. The minimum Gasteiger partial charge on any atom is -0.494 e. The summed E-state index contributed by atoms with van der Waals surface area (Å²) in [6.45, 7) is 9.73. The molecule has 170 valence electrons. The van der Waals surface area contributed by atoms with Crippen molar-refractivity contribution < 1.29 is 14.3 Å². The monoisotopic (exact) mass is 416 g/mol. The highest BCUT2D eigenvalue weighted by Gasteiger charge is 2.33. The molecule has 0 amide bonds. The molecule has 1 aliphatic rings. The Morgan fingerprint density at radius 2 is 1.60 bits per heavy atom. The third-order valence-electron chi connectivity index (χ3n) is 6.58. The van der Waals surface area contributed by atoms with Crippen LogP contribution in [0.25, 0.3) is 0 Å². The molecule has 3 atom stereocenters. The molecular formula is C27H44O3. The van der Waals surface area contributed by atoms with Crippen molar-refractivity contribution in [2.45, 2.75) is 104 Å². The molecule has 3 heteroatoms. The van der Waals surface area contributed by atoms with Crippen molar-refractivity contribution in [2.24, 2.45) is 17.8 Å². The van der Waals surface area contributed by atoms with Gasteiger partial charge in [-0.25, -0.2) is 4.79 Å². The van der Waals surface area contributed by atoms with E-state index in [2.05, 4.69) is 27.7 Å². The van der Waals surface area contributed by atoms with Gasteiger partial charge in [-0.2, -0.15) is 0 Å². The Morgan fingerprint density at radius 1 is 0.967 bits per heavy atom. The number of hydrogen-bond acceptors (Lipinski definition) is 3. The summed E-state index contributed by atoms with van der Waals surface area (Å²) in [5.41, 5.74) is 0.621. The standard InChI is InChI=1S/C27H44O3/c1-5-6-7-8-9-10-11-12-19-29-24-16-14-23(15-17-24)27(28)30-26-20-22(4)13-18-25(26)21(2)3/h14-17,21-22,25-26H,5-13,18-20H2,1-4H3/t22-,25-,26+/m0/s1. The lowest BCUT2D eigenvalue weighted by atomic mass is 9.75. The van der Waals surface area contributed by atoms with Crippen molar-refractivity contribution in [1.29, 1.82) is 0 Å². The first-order chi connectivity index (χ1) is 14.5. The van der Waals surface area contributed by atoms with Gasteiger partial charge in [0.05, 0.1) is 12.2 Å². The second kappa shape index (κ2) is 13.7. The van der Waals surface area contributed by atoms with Gasteiger partial charge in [-0.3, -0.25) is 0 Å². The Hall–Kier alpha value is -1.51. The molecule has 0 aromatic heterocycles. The third kappa shape index (κ3) is 8.70. The number of esters is 1. The molecule has 1 aliphatic carbocycles. The summed E-state index contributed by atoms with van der Waals surface area (Å²) in [7, 11) is 0. The van der Waals surface area contributed by atoms with E-state index >= 15 is 0 Å². The van der Waals surface area contributed by atoms with Crippen LogP contribution >= 0.6 is 0 Å². The van der Waals surface area contributed by atoms with Crippen LogP contribution in [0.5, 0.6) is 5.75 Å². The summed E-state index contributed by atoms with van der Waals surface area (Å²) < 4.78 is 11.8. The van der Waals surface area contributed by atoms with E-state index in [4.69, 9.17) is 9.47 Å². The number of benzene rings is 1. The lowest BCUT2D eigenvalue weighted by Crippen LogP contribution is -2.35. The fourth-order valence-corrected chi connectivity index (χ4v) is 4.57. The van der Waals surface area contributed by atoms with E-state index in [1.807, 2.05) is 24.3 Å². The normalized spacial score (nSPS) is 21.6. The molecule has 0 heterocycles. The Morgan fingerprint density at radius 3 is 2.23 bits per heavy atom. The Kier molecular flexibility index (Phi) is 11.3. The summed E-state index contributed by atoms with van der Waals surface area (Å²) in [5, 5.41) is 0. The molecule has 3 nitrogen and oxygen atoms in total. The zero-order valence-corrected chi connectivity index (χ0v) is 19.8. The molecule has 1 saturated carbocycles. The molecule has 1 aromatic rings. The van der Waals surface area contributed by atoms with Gasteiger partial charge in [0, 0.05) is 0 Å². The fourth-order valence-electron chi connectivity index (χ4n) is 4.57. The first-order valence-electron chi connectivity index (χ1n) is 12.4. The van der Waals surface area contributed by atoms with Gasteiger partial charge in [-0.1, -0.05) is 79.1 Å². The van der Waals surface area contributed by atoms with E-state index in [1.165, 1.54) is 51.4 Å². The summed E-state index contributed by atoms with van der Waals surface area (Å²) in [4.78, 5) is 12.7. The molecule has 1 aromatic carbocycles. The largest absolute Gasteiger partial charge is 0.494 e. The van der Waals surface area contributed by atoms with Crippen molar-refractivity contribution in [3.8, 4) is 5.75 Å². The molecule has 0 spiro atoms. The van der Waals surface area contributed by atoms with Gasteiger partial charge < -0.3 is 9.47 Å². The lowest BCUT2D eigenvalue weighted by molar-refractivity contribution is -0.0174. The Labute approximate surface area is 184 Å². The molecule has 2 rings (SSSR count). The van der Waals surface area contributed by atoms with Gasteiger partial charge in [-0.15, -0.1) is 0 Å². The first kappa shape index (κ1) is 24.8. The maximum Gasteiger partial charge on any atom is 0.338 e. The molecule has 0 unspecified atom stereocenters. The number of rotatable bonds is 13. The van der Waals surface area contributed by atoms with E-state index in [-0.39, 0.29) is 12.1 Å². The van der Waals surface area contributed by atoms with E-state index in [9.17, 15) is 4.79 Å². The number of hydrogen-bond donors (Lipinski definition) is 0. The second-order valence-electron chi connectivity index (χ2n) is 9.62. The fraction of sp³-hybridized carbons (Fsp3) is 0.741. The molecule has 1 fully saturated rings. The van der Waals surface area contributed by atoms with Crippen LogP contribution in [0.1, 0.15) is 109 Å². The summed E-state index contributed by atoms with van der Waals surface area (Å²) >= 11 is 0. The SMILES string of the molecule is CCCCCCCCCCOc1ccc(C(=O)O[C@@H]2C[C@@H](C)CC[C@H]2C(C)C)cc1. The molecule has 0 saturated heterocycles. The number of unbranched alkanes of at least 4 members (excludes halogenated alkanes) is 7. The predicted octanol–water partition coefficient (Wildman–Crippen LogP) is 7.82. The van der Waals surface area contributed by atoms with Crippen LogP contribution in [0.2, 0.25) is 0 Å². The molecule has 30 heavy (non-hydrogen) atoms. The van der Waals surface area contributed by atoms with Gasteiger partial charge in [0.25, 0.3) is 0 Å². The van der Waals surface area contributed by atoms with Crippen LogP contribution in [0, 0.1) is 17.8 Å². The maximum atomic E-state index is 12.7. The maximum absolute atomic E-state index is 12.7. The smallest absolute Gasteiger partial charge is 0.338 e. The Balaban J connectivity index is 1.69. The van der Waals surface area contributed by atoms with Crippen LogP contribution in [0.3, 0.4) is 0 Å². The van der Waals surface area contributed by atoms with E-state index in [0.717, 1.165) is 31.6 Å². The summed E-state index contributed by atoms with van der Waals surface area (Å²) in [6.07, 6.45) is 13.8. The highest BCUT2D eigenvalue weighted by Crippen LogP contribution is 2.35. The van der Waals surface area contributed by atoms with Crippen molar-refractivity contribution in [1.82, 2.24) is 0 Å². The lowest BCUT2D eigenvalue weighted by Gasteiger charge is -2.36. The average Bonchev–Trinajstić information content (AvgIpc) is 2.73. The van der Waals surface area contributed by atoms with Crippen LogP contribution in [-0.4, -0.2) is 18.7 Å². The highest BCUT2D eigenvalue weighted by atomic mass is 16.5. The van der Waals surface area contributed by atoms with Gasteiger partial charge >= 0.3 is 5.97 Å². The quantitative estimate of drug-likeness (QED) is 0.243. The second-order valence-corrected chi connectivity index (χ2v) is 9.62. The molecule has 0 radical (unpaired) electrons. The highest BCUT2D eigenvalue weighted by molar-refractivity contribution is 5.89. The molecule has 0 bridgehead atoms. The van der Waals surface area contributed by atoms with E-state index < -0.39 is 0 Å². The summed E-state index contributed by atoms with van der Waals surface area (Å²) in [6, 6.07) is 7.46. The van der Waals surface area contributed by atoms with Crippen LogP contribution in [0.4, 0.5) is 0 Å². The van der Waals surface area contributed by atoms with Crippen LogP contribution in [-0.2, 0) is 4.74 Å². The van der Waals surface area contributed by atoms with Crippen molar-refractivity contribution in [2.75, 3.05) is 6.61 Å². The van der Waals surface area contributed by atoms with Crippen molar-refractivity contribution in [3.63, 3.8) is 0 Å². The van der Waals surface area contributed by atoms with E-state index in [1.54, 1.807) is 0 Å². The van der Waals surface area contributed by atoms with Gasteiger partial charge in [0.2, 0.25) is 0 Å². The molecule has 0 N–H and O–H groups in total. The first-order valence-corrected chi connectivity index (χ1v) is 12.4. The van der Waals surface area contributed by atoms with Crippen molar-refractivity contribution in [3.05, 3.63) is 29.8 Å². The van der Waals surface area contributed by atoms with E-state index in [0.29, 0.717) is 23.3 Å². The summed E-state index contributed by atoms with van der Waals surface area (Å²) in [5.74, 6) is 2.28. The average molecular weight is 417 g/mol. The van der Waals surface area contributed by atoms with Gasteiger partial charge in [-0.05, 0) is 61.3 Å². The minimum atomic E-state index is -0.200. The predicted molar refractivity (Wildman–Crippen MR) is 125 cm³/mol. The Bertz CT molecular complexity index is 593. The zero-order chi connectivity index (χ0) is 21.8. The topological polar surface area (TPSA) is 35.5 Å². The molecule has 0 aliphatic heterocycles. The van der Waals surface area contributed by atoms with Crippen molar-refractivity contribution >= 4 is 5.97 Å². The number of carbonyl (C=O) groups is 1. The molecular weight excluding hydrogens is 372 g/mol. The van der Waals surface area contributed by atoms with Crippen LogP contribution in [0.15, 0.2) is 24.3 Å². The van der Waals surface area contributed by atoms with Gasteiger partial charge in [0.1, 0.15) is 11.9 Å². The van der Waals surface area contributed by atoms with Gasteiger partial charge in [0.15, 0.2) is 0 Å². The zero-order valence-electron chi connectivity index (χ0n) is 19.8. The number of carbonyl (C=O) groups excluding carboxylic acids is 1. The third-order valence-corrected chi connectivity index (χ3v) is 6.58. The number of ether oxygens (including phenoxy) is 2. The van der Waals surface area contributed by atoms with Crippen LogP contribution < -0.4 is 4.74 Å².